The molecule has 0 aliphatic carbocycles. The molecule has 0 atom stereocenters. The molecule has 0 spiro atoms. The SMILES string of the molecule is Cc1cc(-c2nc(C)c(C)[nH]c2=S)ccn1. The van der Waals surface area contributed by atoms with Crippen LogP contribution in [0.2, 0.25) is 0 Å². The molecule has 0 unspecified atom stereocenters. The van der Waals surface area contributed by atoms with Crippen LogP contribution in [0.15, 0.2) is 18.3 Å². The van der Waals surface area contributed by atoms with Gasteiger partial charge >= 0.3 is 0 Å². The first kappa shape index (κ1) is 11.0. The molecule has 0 fully saturated rings. The van der Waals surface area contributed by atoms with E-state index in [1.165, 1.54) is 0 Å². The largest absolute Gasteiger partial charge is 0.347 e. The smallest absolute Gasteiger partial charge is 0.130 e. The molecule has 1 N–H and O–H groups in total. The molecule has 0 aliphatic heterocycles. The van der Waals surface area contributed by atoms with Gasteiger partial charge in [0.1, 0.15) is 10.3 Å². The minimum absolute atomic E-state index is 0.675. The summed E-state index contributed by atoms with van der Waals surface area (Å²) in [6.45, 7) is 5.90. The second-order valence-corrected chi connectivity index (χ2v) is 4.22. The van der Waals surface area contributed by atoms with E-state index in [2.05, 4.69) is 15.0 Å². The highest BCUT2D eigenvalue weighted by Gasteiger charge is 2.05. The molecule has 0 amide bonds. The van der Waals surface area contributed by atoms with E-state index in [1.807, 2.05) is 32.9 Å². The Morgan fingerprint density at radius 2 is 2.00 bits per heavy atom. The van der Waals surface area contributed by atoms with Crippen LogP contribution in [0.25, 0.3) is 11.3 Å². The van der Waals surface area contributed by atoms with E-state index in [4.69, 9.17) is 12.2 Å². The van der Waals surface area contributed by atoms with Gasteiger partial charge in [0.25, 0.3) is 0 Å². The fourth-order valence-corrected chi connectivity index (χ4v) is 1.83. The number of H-pyrrole nitrogens is 1. The van der Waals surface area contributed by atoms with Gasteiger partial charge in [-0.3, -0.25) is 4.98 Å². The third-order valence-corrected chi connectivity index (χ3v) is 2.80. The van der Waals surface area contributed by atoms with Crippen LogP contribution in [0.5, 0.6) is 0 Å². The monoisotopic (exact) mass is 231 g/mol. The lowest BCUT2D eigenvalue weighted by molar-refractivity contribution is 1.04. The fraction of sp³-hybridized carbons (Fsp3) is 0.250. The van der Waals surface area contributed by atoms with Crippen LogP contribution in [0.1, 0.15) is 17.1 Å². The zero-order valence-electron chi connectivity index (χ0n) is 9.53. The molecule has 2 heterocycles. The van der Waals surface area contributed by atoms with Gasteiger partial charge in [-0.15, -0.1) is 0 Å². The molecule has 0 radical (unpaired) electrons. The van der Waals surface area contributed by atoms with Gasteiger partial charge in [-0.05, 0) is 32.9 Å². The Bertz CT molecular complexity index is 587. The van der Waals surface area contributed by atoms with E-state index in [0.717, 1.165) is 28.3 Å². The van der Waals surface area contributed by atoms with Gasteiger partial charge in [0, 0.05) is 23.1 Å². The number of nitrogens with zero attached hydrogens (tertiary/aromatic N) is 2. The summed E-state index contributed by atoms with van der Waals surface area (Å²) in [5.41, 5.74) is 4.78. The Balaban J connectivity index is 2.65. The second kappa shape index (κ2) is 4.14. The van der Waals surface area contributed by atoms with Crippen molar-refractivity contribution < 1.29 is 0 Å². The maximum atomic E-state index is 5.29. The van der Waals surface area contributed by atoms with Crippen LogP contribution >= 0.6 is 12.2 Å². The van der Waals surface area contributed by atoms with E-state index >= 15 is 0 Å². The molecule has 0 bridgehead atoms. The molecule has 2 aromatic rings. The van der Waals surface area contributed by atoms with Gasteiger partial charge in [0.15, 0.2) is 0 Å². The van der Waals surface area contributed by atoms with E-state index in [-0.39, 0.29) is 0 Å². The summed E-state index contributed by atoms with van der Waals surface area (Å²) >= 11 is 5.29. The van der Waals surface area contributed by atoms with E-state index in [1.54, 1.807) is 6.20 Å². The van der Waals surface area contributed by atoms with E-state index in [9.17, 15) is 0 Å². The number of rotatable bonds is 1. The minimum atomic E-state index is 0.675. The zero-order valence-corrected chi connectivity index (χ0v) is 10.4. The van der Waals surface area contributed by atoms with Crippen LogP contribution in [-0.4, -0.2) is 15.0 Å². The molecule has 16 heavy (non-hydrogen) atoms. The third-order valence-electron chi connectivity index (χ3n) is 2.51. The zero-order chi connectivity index (χ0) is 11.7. The van der Waals surface area contributed by atoms with Gasteiger partial charge < -0.3 is 4.98 Å². The molecule has 0 saturated heterocycles. The highest BCUT2D eigenvalue weighted by molar-refractivity contribution is 7.71. The standard InChI is InChI=1S/C12H13N3S/c1-7-6-10(4-5-13-7)11-12(16)15-9(3)8(2)14-11/h4-6H,1-3H3,(H,15,16). The van der Waals surface area contributed by atoms with Gasteiger partial charge in [-0.1, -0.05) is 12.2 Å². The summed E-state index contributed by atoms with van der Waals surface area (Å²) in [6.07, 6.45) is 1.77. The summed E-state index contributed by atoms with van der Waals surface area (Å²) in [4.78, 5) is 11.8. The maximum Gasteiger partial charge on any atom is 0.130 e. The highest BCUT2D eigenvalue weighted by atomic mass is 32.1. The molecular formula is C12H13N3S. The molecule has 82 valence electrons. The first-order valence-corrected chi connectivity index (χ1v) is 5.49. The van der Waals surface area contributed by atoms with Crippen LogP contribution < -0.4 is 0 Å². The topological polar surface area (TPSA) is 41.6 Å². The first-order chi connectivity index (χ1) is 7.58. The lowest BCUT2D eigenvalue weighted by atomic mass is 10.1. The summed E-state index contributed by atoms with van der Waals surface area (Å²) in [5, 5.41) is 0. The third kappa shape index (κ3) is 2.02. The Hall–Kier alpha value is -1.55. The second-order valence-electron chi connectivity index (χ2n) is 3.81. The molecule has 2 rings (SSSR count). The Kier molecular flexibility index (Phi) is 2.83. The van der Waals surface area contributed by atoms with Crippen LogP contribution in [-0.2, 0) is 0 Å². The van der Waals surface area contributed by atoms with Gasteiger partial charge in [0.2, 0.25) is 0 Å². The fourth-order valence-electron chi connectivity index (χ4n) is 1.51. The summed E-state index contributed by atoms with van der Waals surface area (Å²) in [7, 11) is 0. The average molecular weight is 231 g/mol. The van der Waals surface area contributed by atoms with Crippen LogP contribution in [0.3, 0.4) is 0 Å². The molecular weight excluding hydrogens is 218 g/mol. The van der Waals surface area contributed by atoms with Crippen molar-refractivity contribution in [3.05, 3.63) is 40.1 Å². The van der Waals surface area contributed by atoms with Crippen molar-refractivity contribution in [3.8, 4) is 11.3 Å². The number of hydrogen-bond donors (Lipinski definition) is 1. The quantitative estimate of drug-likeness (QED) is 0.767. The summed E-state index contributed by atoms with van der Waals surface area (Å²) < 4.78 is 0.675. The number of aromatic amines is 1. The number of aryl methyl sites for hydroxylation is 3. The van der Waals surface area contributed by atoms with Crippen molar-refractivity contribution in [1.29, 1.82) is 0 Å². The number of aromatic nitrogens is 3. The molecule has 2 aromatic heterocycles. The molecule has 3 nitrogen and oxygen atoms in total. The maximum absolute atomic E-state index is 5.29. The Labute approximate surface area is 99.6 Å². The van der Waals surface area contributed by atoms with Crippen LogP contribution in [0.4, 0.5) is 0 Å². The van der Waals surface area contributed by atoms with E-state index in [0.29, 0.717) is 4.64 Å². The van der Waals surface area contributed by atoms with Crippen LogP contribution in [0, 0.1) is 25.4 Å². The Morgan fingerprint density at radius 3 is 2.69 bits per heavy atom. The van der Waals surface area contributed by atoms with Gasteiger partial charge in [0.05, 0.1) is 5.69 Å². The minimum Gasteiger partial charge on any atom is -0.347 e. The lowest BCUT2D eigenvalue weighted by Gasteiger charge is -2.05. The molecule has 4 heteroatoms. The van der Waals surface area contributed by atoms with Crippen molar-refractivity contribution in [2.45, 2.75) is 20.8 Å². The first-order valence-electron chi connectivity index (χ1n) is 5.08. The van der Waals surface area contributed by atoms with Crippen molar-refractivity contribution >= 4 is 12.2 Å². The number of pyridine rings is 1. The molecule has 0 saturated carbocycles. The van der Waals surface area contributed by atoms with Gasteiger partial charge in [-0.25, -0.2) is 4.98 Å². The number of hydrogen-bond acceptors (Lipinski definition) is 3. The van der Waals surface area contributed by atoms with Gasteiger partial charge in [-0.2, -0.15) is 0 Å². The average Bonchev–Trinajstić information content (AvgIpc) is 2.23. The lowest BCUT2D eigenvalue weighted by Crippen LogP contribution is -1.96. The van der Waals surface area contributed by atoms with Crippen molar-refractivity contribution in [3.63, 3.8) is 0 Å². The molecule has 0 aliphatic rings. The predicted molar refractivity (Wildman–Crippen MR) is 66.9 cm³/mol. The highest BCUT2D eigenvalue weighted by Crippen LogP contribution is 2.18. The Morgan fingerprint density at radius 1 is 1.25 bits per heavy atom. The number of nitrogens with one attached hydrogen (secondary N) is 1. The summed E-state index contributed by atoms with van der Waals surface area (Å²) in [6, 6.07) is 3.91. The predicted octanol–water partition coefficient (Wildman–Crippen LogP) is 3.13. The van der Waals surface area contributed by atoms with E-state index < -0.39 is 0 Å². The van der Waals surface area contributed by atoms with Crippen molar-refractivity contribution in [1.82, 2.24) is 15.0 Å². The molecule has 0 aromatic carbocycles. The normalized spacial score (nSPS) is 10.4. The van der Waals surface area contributed by atoms with Crippen molar-refractivity contribution in [2.75, 3.05) is 0 Å². The van der Waals surface area contributed by atoms with Crippen molar-refractivity contribution in [2.24, 2.45) is 0 Å². The summed E-state index contributed by atoms with van der Waals surface area (Å²) in [5.74, 6) is 0.